The van der Waals surface area contributed by atoms with Gasteiger partial charge in [-0.25, -0.2) is 18.1 Å². The van der Waals surface area contributed by atoms with Crippen LogP contribution >= 0.6 is 11.6 Å². The molecule has 108 valence electrons. The Morgan fingerprint density at radius 1 is 1.42 bits per heavy atom. The van der Waals surface area contributed by atoms with Gasteiger partial charge in [0.15, 0.2) is 0 Å². The number of hydrogen-bond donors (Lipinski definition) is 1. The summed E-state index contributed by atoms with van der Waals surface area (Å²) in [4.78, 5) is 5.79. The molecule has 0 amide bonds. The number of nitrogens with zero attached hydrogens (tertiary/aromatic N) is 2. The van der Waals surface area contributed by atoms with Crippen molar-refractivity contribution >= 4 is 21.6 Å². The van der Waals surface area contributed by atoms with E-state index in [1.54, 1.807) is 6.07 Å². The lowest BCUT2D eigenvalue weighted by Gasteiger charge is -2.28. The van der Waals surface area contributed by atoms with Crippen molar-refractivity contribution in [3.05, 3.63) is 23.5 Å². The minimum atomic E-state index is -3.62. The molecule has 7 heteroatoms. The molecule has 1 aromatic rings. The highest BCUT2D eigenvalue weighted by molar-refractivity contribution is 7.89. The lowest BCUT2D eigenvalue weighted by atomic mass is 10.0. The van der Waals surface area contributed by atoms with Gasteiger partial charge in [-0.1, -0.05) is 25.4 Å². The van der Waals surface area contributed by atoms with E-state index in [9.17, 15) is 8.42 Å². The third kappa shape index (κ3) is 4.42. The van der Waals surface area contributed by atoms with E-state index < -0.39 is 10.0 Å². The fraction of sp³-hybridized carbons (Fsp3) is 0.583. The standard InChI is InChI=1S/C12H20ClN3O2S/c1-9(2)10(16(3)4)8-15-19(17,18)11-6-5-7-14-12(11)13/h5-7,9-10,15H,8H2,1-4H3. The first-order chi connectivity index (χ1) is 8.75. The van der Waals surface area contributed by atoms with E-state index in [-0.39, 0.29) is 16.1 Å². The summed E-state index contributed by atoms with van der Waals surface area (Å²) >= 11 is 5.81. The molecule has 19 heavy (non-hydrogen) atoms. The highest BCUT2D eigenvalue weighted by atomic mass is 35.5. The van der Waals surface area contributed by atoms with Crippen molar-refractivity contribution in [3.8, 4) is 0 Å². The first-order valence-electron chi connectivity index (χ1n) is 6.02. The van der Waals surface area contributed by atoms with Crippen LogP contribution < -0.4 is 4.72 Å². The Morgan fingerprint density at radius 3 is 2.53 bits per heavy atom. The van der Waals surface area contributed by atoms with Gasteiger partial charge in [0.1, 0.15) is 10.0 Å². The van der Waals surface area contributed by atoms with Gasteiger partial charge in [0.25, 0.3) is 0 Å². The Labute approximate surface area is 120 Å². The summed E-state index contributed by atoms with van der Waals surface area (Å²) in [5.74, 6) is 0.335. The molecule has 1 atom stereocenters. The van der Waals surface area contributed by atoms with Gasteiger partial charge in [0.2, 0.25) is 10.0 Å². The van der Waals surface area contributed by atoms with Crippen molar-refractivity contribution < 1.29 is 8.42 Å². The second-order valence-corrected chi connectivity index (χ2v) is 7.01. The molecule has 0 aromatic carbocycles. The Morgan fingerprint density at radius 2 is 2.05 bits per heavy atom. The number of halogens is 1. The number of pyridine rings is 1. The van der Waals surface area contributed by atoms with E-state index in [0.29, 0.717) is 12.5 Å². The molecule has 0 saturated carbocycles. The third-order valence-corrected chi connectivity index (χ3v) is 4.80. The molecule has 0 saturated heterocycles. The van der Waals surface area contributed by atoms with Crippen molar-refractivity contribution in [2.45, 2.75) is 24.8 Å². The summed E-state index contributed by atoms with van der Waals surface area (Å²) in [6, 6.07) is 3.11. The van der Waals surface area contributed by atoms with Crippen LogP contribution in [0.15, 0.2) is 23.2 Å². The monoisotopic (exact) mass is 305 g/mol. The molecule has 0 radical (unpaired) electrons. The van der Waals surface area contributed by atoms with Gasteiger partial charge in [-0.3, -0.25) is 0 Å². The van der Waals surface area contributed by atoms with Crippen molar-refractivity contribution in [1.29, 1.82) is 0 Å². The Kier molecular flexibility index (Phi) is 5.73. The van der Waals surface area contributed by atoms with Crippen LogP contribution in [0.2, 0.25) is 5.15 Å². The first kappa shape index (κ1) is 16.4. The van der Waals surface area contributed by atoms with Crippen molar-refractivity contribution in [2.75, 3.05) is 20.6 Å². The Balaban J connectivity index is 2.84. The maximum atomic E-state index is 12.1. The second kappa shape index (κ2) is 6.65. The van der Waals surface area contributed by atoms with E-state index in [1.165, 1.54) is 12.3 Å². The van der Waals surface area contributed by atoms with Crippen LogP contribution in [0.5, 0.6) is 0 Å². The maximum absolute atomic E-state index is 12.1. The minimum absolute atomic E-state index is 0.0120. The lowest BCUT2D eigenvalue weighted by Crippen LogP contribution is -2.43. The molecule has 1 rings (SSSR count). The van der Waals surface area contributed by atoms with Gasteiger partial charge >= 0.3 is 0 Å². The molecule has 0 spiro atoms. The van der Waals surface area contributed by atoms with E-state index in [0.717, 1.165) is 0 Å². The quantitative estimate of drug-likeness (QED) is 0.811. The summed E-state index contributed by atoms with van der Waals surface area (Å²) in [7, 11) is 0.229. The maximum Gasteiger partial charge on any atom is 0.243 e. The number of nitrogens with one attached hydrogen (secondary N) is 1. The zero-order valence-electron chi connectivity index (χ0n) is 11.6. The number of rotatable bonds is 6. The number of sulfonamides is 1. The zero-order chi connectivity index (χ0) is 14.6. The van der Waals surface area contributed by atoms with Crippen molar-refractivity contribution in [3.63, 3.8) is 0 Å². The molecule has 1 unspecified atom stereocenters. The smallest absolute Gasteiger partial charge is 0.243 e. The molecule has 5 nitrogen and oxygen atoms in total. The molecular formula is C12H20ClN3O2S. The fourth-order valence-electron chi connectivity index (χ4n) is 1.86. The number of hydrogen-bond acceptors (Lipinski definition) is 4. The molecule has 0 aliphatic rings. The first-order valence-corrected chi connectivity index (χ1v) is 7.88. The summed E-state index contributed by atoms with van der Waals surface area (Å²) < 4.78 is 26.9. The Hall–Kier alpha value is -0.690. The van der Waals surface area contributed by atoms with Crippen LogP contribution in [0.3, 0.4) is 0 Å². The van der Waals surface area contributed by atoms with Gasteiger partial charge in [0, 0.05) is 18.8 Å². The van der Waals surface area contributed by atoms with Gasteiger partial charge in [-0.05, 0) is 32.1 Å². The number of aromatic nitrogens is 1. The molecule has 1 N–H and O–H groups in total. The van der Waals surface area contributed by atoms with Gasteiger partial charge in [-0.15, -0.1) is 0 Å². The van der Waals surface area contributed by atoms with Crippen molar-refractivity contribution in [1.82, 2.24) is 14.6 Å². The normalized spacial score (nSPS) is 14.1. The van der Waals surface area contributed by atoms with Gasteiger partial charge in [0.05, 0.1) is 0 Å². The summed E-state index contributed by atoms with van der Waals surface area (Å²) in [5, 5.41) is -0.0130. The highest BCUT2D eigenvalue weighted by Crippen LogP contribution is 2.18. The summed E-state index contributed by atoms with van der Waals surface area (Å²) in [6.45, 7) is 4.43. The van der Waals surface area contributed by atoms with Crippen LogP contribution in [0.4, 0.5) is 0 Å². The summed E-state index contributed by atoms with van der Waals surface area (Å²) in [6.07, 6.45) is 1.46. The van der Waals surface area contributed by atoms with Crippen LogP contribution in [0.25, 0.3) is 0 Å². The molecule has 1 heterocycles. The minimum Gasteiger partial charge on any atom is -0.305 e. The van der Waals surface area contributed by atoms with Crippen LogP contribution in [-0.4, -0.2) is 45.0 Å². The SMILES string of the molecule is CC(C)C(CNS(=O)(=O)c1cccnc1Cl)N(C)C. The molecule has 0 fully saturated rings. The van der Waals surface area contributed by atoms with Crippen LogP contribution in [0, 0.1) is 5.92 Å². The molecular weight excluding hydrogens is 286 g/mol. The van der Waals surface area contributed by atoms with E-state index >= 15 is 0 Å². The average molecular weight is 306 g/mol. The molecule has 1 aromatic heterocycles. The zero-order valence-corrected chi connectivity index (χ0v) is 13.2. The highest BCUT2D eigenvalue weighted by Gasteiger charge is 2.22. The van der Waals surface area contributed by atoms with Crippen molar-refractivity contribution in [2.24, 2.45) is 5.92 Å². The van der Waals surface area contributed by atoms with E-state index in [1.807, 2.05) is 19.0 Å². The predicted octanol–water partition coefficient (Wildman–Crippen LogP) is 1.60. The van der Waals surface area contributed by atoms with E-state index in [2.05, 4.69) is 23.6 Å². The average Bonchev–Trinajstić information content (AvgIpc) is 2.28. The third-order valence-electron chi connectivity index (χ3n) is 2.93. The van der Waals surface area contributed by atoms with Gasteiger partial charge < -0.3 is 4.90 Å². The van der Waals surface area contributed by atoms with Crippen LogP contribution in [0.1, 0.15) is 13.8 Å². The fourth-order valence-corrected chi connectivity index (χ4v) is 3.36. The van der Waals surface area contributed by atoms with Gasteiger partial charge in [-0.2, -0.15) is 0 Å². The molecule has 0 aliphatic heterocycles. The topological polar surface area (TPSA) is 62.3 Å². The number of likely N-dealkylation sites (N-methyl/N-ethyl adjacent to an activating group) is 1. The second-order valence-electron chi connectivity index (χ2n) is 4.92. The lowest BCUT2D eigenvalue weighted by molar-refractivity contribution is 0.233. The Bertz CT molecular complexity index is 509. The molecule has 0 bridgehead atoms. The summed E-state index contributed by atoms with van der Waals surface area (Å²) in [5.41, 5.74) is 0. The molecule has 0 aliphatic carbocycles. The largest absolute Gasteiger partial charge is 0.305 e. The van der Waals surface area contributed by atoms with Crippen LogP contribution in [-0.2, 0) is 10.0 Å². The predicted molar refractivity (Wildman–Crippen MR) is 76.7 cm³/mol. The van der Waals surface area contributed by atoms with E-state index in [4.69, 9.17) is 11.6 Å².